The first-order valence-electron chi connectivity index (χ1n) is 17.6. The third-order valence-corrected chi connectivity index (χ3v) is 10.9. The van der Waals surface area contributed by atoms with Gasteiger partial charge in [-0.3, -0.25) is 24.6 Å². The first-order chi connectivity index (χ1) is 25.2. The Labute approximate surface area is 315 Å². The molecule has 13 nitrogen and oxygen atoms in total. The fourth-order valence-electron chi connectivity index (χ4n) is 6.47. The van der Waals surface area contributed by atoms with Crippen LogP contribution in [0.25, 0.3) is 5.57 Å². The molecule has 0 aliphatic carbocycles. The van der Waals surface area contributed by atoms with Crippen molar-refractivity contribution >= 4 is 50.4 Å². The largest absolute Gasteiger partial charge is 0.484 e. The molecule has 2 fully saturated rings. The number of benzene rings is 3. The lowest BCUT2D eigenvalue weighted by Gasteiger charge is -2.36. The monoisotopic (exact) mass is 767 g/mol. The zero-order chi connectivity index (χ0) is 38.3. The molecule has 0 spiro atoms. The molecule has 2 amide bonds. The smallest absolute Gasteiger partial charge is 0.312 e. The van der Waals surface area contributed by atoms with E-state index in [9.17, 15) is 28.1 Å². The van der Waals surface area contributed by atoms with Crippen molar-refractivity contribution in [3.63, 3.8) is 0 Å². The lowest BCUT2D eigenvalue weighted by atomic mass is 9.92. The number of nitro groups is 1. The quantitative estimate of drug-likeness (QED) is 0.171. The van der Waals surface area contributed by atoms with Crippen molar-refractivity contribution in [1.29, 1.82) is 0 Å². The minimum Gasteiger partial charge on any atom is -0.484 e. The minimum atomic E-state index is -4.47. The van der Waals surface area contributed by atoms with Gasteiger partial charge in [0.2, 0.25) is 5.91 Å². The predicted octanol–water partition coefficient (Wildman–Crippen LogP) is 5.63. The standard InChI is InChI=1S/C38H46ClN5O8S/c1-26(2)21-35(29-5-9-31(39)10-6-29)27(3)23-41-15-17-42(18-16-41)32-11-7-30(8-12-32)38(46)40-53(49,50)34-13-14-37(36(22-34)44(47)48)52-25-33-24-43(28(4)45)19-20-51-33/h5-14,22,26,33H,15-21,23-25H2,1-4H3,(H,40,46). The van der Waals surface area contributed by atoms with Crippen LogP contribution in [0.3, 0.4) is 0 Å². The molecule has 2 saturated heterocycles. The van der Waals surface area contributed by atoms with Crippen molar-refractivity contribution in [2.24, 2.45) is 5.92 Å². The fraction of sp³-hybridized carbons (Fsp3) is 0.421. The number of nitro benzene ring substituents is 1. The van der Waals surface area contributed by atoms with E-state index >= 15 is 0 Å². The number of carbonyl (C=O) groups is 2. The molecule has 3 aromatic rings. The predicted molar refractivity (Wildman–Crippen MR) is 204 cm³/mol. The Morgan fingerprint density at radius 1 is 0.981 bits per heavy atom. The summed E-state index contributed by atoms with van der Waals surface area (Å²) < 4.78 is 39.5. The lowest BCUT2D eigenvalue weighted by molar-refractivity contribution is -0.386. The van der Waals surface area contributed by atoms with Gasteiger partial charge in [0.25, 0.3) is 15.9 Å². The topological polar surface area (TPSA) is 152 Å². The maximum Gasteiger partial charge on any atom is 0.312 e. The highest BCUT2D eigenvalue weighted by Gasteiger charge is 2.27. The zero-order valence-electron chi connectivity index (χ0n) is 30.4. The van der Waals surface area contributed by atoms with Gasteiger partial charge in [-0.25, -0.2) is 13.1 Å². The molecule has 284 valence electrons. The van der Waals surface area contributed by atoms with Gasteiger partial charge in [-0.2, -0.15) is 0 Å². The average molecular weight is 768 g/mol. The third-order valence-electron chi connectivity index (χ3n) is 9.32. The molecule has 0 bridgehead atoms. The van der Waals surface area contributed by atoms with Crippen molar-refractivity contribution in [3.8, 4) is 5.75 Å². The minimum absolute atomic E-state index is 0.0828. The summed E-state index contributed by atoms with van der Waals surface area (Å²) in [4.78, 5) is 41.6. The van der Waals surface area contributed by atoms with Crippen LogP contribution in [0, 0.1) is 16.0 Å². The number of morpholine rings is 1. The Morgan fingerprint density at radius 2 is 1.64 bits per heavy atom. The molecule has 53 heavy (non-hydrogen) atoms. The SMILES string of the molecule is CC(=O)N1CCOC(COc2ccc(S(=O)(=O)NC(=O)c3ccc(N4CCN(CC(C)=C(CC(C)C)c5ccc(Cl)cc5)CC4)cc3)cc2[N+](=O)[O-])C1. The molecule has 0 aromatic heterocycles. The van der Waals surface area contributed by atoms with Gasteiger partial charge in [-0.05, 0) is 78.9 Å². The Kier molecular flexibility index (Phi) is 13.1. The van der Waals surface area contributed by atoms with Crippen LogP contribution >= 0.6 is 11.6 Å². The summed E-state index contributed by atoms with van der Waals surface area (Å²) in [6.45, 7) is 13.2. The molecule has 1 atom stereocenters. The van der Waals surface area contributed by atoms with Crippen LogP contribution in [-0.4, -0.2) is 100 Å². The molecule has 2 aliphatic heterocycles. The van der Waals surface area contributed by atoms with Gasteiger partial charge in [0.1, 0.15) is 12.7 Å². The van der Waals surface area contributed by atoms with E-state index in [2.05, 4.69) is 42.7 Å². The molecule has 2 aliphatic rings. The maximum absolute atomic E-state index is 13.1. The Balaban J connectivity index is 1.17. The summed E-state index contributed by atoms with van der Waals surface area (Å²) in [6.07, 6.45) is 0.475. The Morgan fingerprint density at radius 3 is 2.26 bits per heavy atom. The number of ether oxygens (including phenoxy) is 2. The molecule has 3 aromatic carbocycles. The van der Waals surface area contributed by atoms with Crippen molar-refractivity contribution in [2.45, 2.75) is 45.1 Å². The number of halogens is 1. The van der Waals surface area contributed by atoms with Crippen molar-refractivity contribution in [2.75, 3.05) is 63.9 Å². The number of amides is 2. The van der Waals surface area contributed by atoms with E-state index in [4.69, 9.17) is 21.1 Å². The van der Waals surface area contributed by atoms with Gasteiger partial charge in [0.15, 0.2) is 5.75 Å². The molecular formula is C38H46ClN5O8S. The van der Waals surface area contributed by atoms with Crippen molar-refractivity contribution in [3.05, 3.63) is 98.6 Å². The zero-order valence-corrected chi connectivity index (χ0v) is 32.0. The van der Waals surface area contributed by atoms with E-state index < -0.39 is 37.5 Å². The second-order valence-electron chi connectivity index (χ2n) is 13.8. The lowest BCUT2D eigenvalue weighted by Crippen LogP contribution is -2.46. The van der Waals surface area contributed by atoms with Gasteiger partial charge in [-0.1, -0.05) is 43.2 Å². The molecule has 15 heteroatoms. The number of rotatable bonds is 13. The summed E-state index contributed by atoms with van der Waals surface area (Å²) in [6, 6.07) is 17.9. The maximum atomic E-state index is 13.1. The van der Waals surface area contributed by atoms with E-state index in [1.165, 1.54) is 29.7 Å². The molecule has 1 unspecified atom stereocenters. The summed E-state index contributed by atoms with van der Waals surface area (Å²) in [5.74, 6) is -0.636. The second kappa shape index (κ2) is 17.5. The number of nitrogens with one attached hydrogen (secondary N) is 1. The van der Waals surface area contributed by atoms with Crippen molar-refractivity contribution in [1.82, 2.24) is 14.5 Å². The number of anilines is 1. The third kappa shape index (κ3) is 10.6. The van der Waals surface area contributed by atoms with E-state index in [0.717, 1.165) is 62.0 Å². The van der Waals surface area contributed by atoms with Crippen LogP contribution in [0.4, 0.5) is 11.4 Å². The van der Waals surface area contributed by atoms with Crippen LogP contribution in [-0.2, 0) is 19.6 Å². The molecular weight excluding hydrogens is 722 g/mol. The summed E-state index contributed by atoms with van der Waals surface area (Å²) >= 11 is 6.14. The Bertz CT molecular complexity index is 1930. The number of allylic oxidation sites excluding steroid dienone is 1. The second-order valence-corrected chi connectivity index (χ2v) is 15.9. The van der Waals surface area contributed by atoms with Gasteiger partial charge in [-0.15, -0.1) is 0 Å². The van der Waals surface area contributed by atoms with Crippen LogP contribution in [0.5, 0.6) is 5.75 Å². The Hall–Kier alpha value is -4.50. The van der Waals surface area contributed by atoms with E-state index in [-0.39, 0.29) is 30.4 Å². The van der Waals surface area contributed by atoms with Crippen LogP contribution in [0.1, 0.15) is 50.0 Å². The number of hydrogen-bond acceptors (Lipinski definition) is 10. The first-order valence-corrected chi connectivity index (χ1v) is 19.4. The van der Waals surface area contributed by atoms with Crippen LogP contribution in [0.2, 0.25) is 5.02 Å². The number of hydrogen-bond donors (Lipinski definition) is 1. The van der Waals surface area contributed by atoms with Gasteiger partial charge < -0.3 is 19.3 Å². The molecule has 5 rings (SSSR count). The molecule has 0 radical (unpaired) electrons. The number of sulfonamides is 1. The average Bonchev–Trinajstić information content (AvgIpc) is 3.13. The van der Waals surface area contributed by atoms with Gasteiger partial charge >= 0.3 is 5.69 Å². The fourth-order valence-corrected chi connectivity index (χ4v) is 7.59. The van der Waals surface area contributed by atoms with Crippen LogP contribution in [0.15, 0.2) is 77.2 Å². The van der Waals surface area contributed by atoms with E-state index in [1.807, 2.05) is 16.9 Å². The van der Waals surface area contributed by atoms with Crippen LogP contribution < -0.4 is 14.4 Å². The first kappa shape index (κ1) is 39.7. The molecule has 2 heterocycles. The highest BCUT2D eigenvalue weighted by Crippen LogP contribution is 2.31. The van der Waals surface area contributed by atoms with Gasteiger partial charge in [0.05, 0.1) is 23.0 Å². The van der Waals surface area contributed by atoms with E-state index in [1.54, 1.807) is 29.2 Å². The number of piperazine rings is 1. The van der Waals surface area contributed by atoms with Gasteiger partial charge in [0, 0.05) is 68.5 Å². The normalized spacial score (nSPS) is 17.4. The summed E-state index contributed by atoms with van der Waals surface area (Å²) in [5, 5.41) is 12.6. The highest BCUT2D eigenvalue weighted by atomic mass is 35.5. The number of carbonyl (C=O) groups excluding carboxylic acids is 2. The molecule has 1 N–H and O–H groups in total. The molecule has 0 saturated carbocycles. The van der Waals surface area contributed by atoms with Crippen molar-refractivity contribution < 1.29 is 32.4 Å². The summed E-state index contributed by atoms with van der Waals surface area (Å²) in [5.41, 5.74) is 4.34. The van der Waals surface area contributed by atoms with E-state index in [0.29, 0.717) is 19.1 Å². The highest BCUT2D eigenvalue weighted by molar-refractivity contribution is 7.90. The summed E-state index contributed by atoms with van der Waals surface area (Å²) in [7, 11) is -4.47. The number of nitrogens with zero attached hydrogens (tertiary/aromatic N) is 4.